The Morgan fingerprint density at radius 1 is 1.00 bits per heavy atom. The van der Waals surface area contributed by atoms with Crippen LogP contribution in [0.3, 0.4) is 0 Å². The Morgan fingerprint density at radius 3 is 2.34 bits per heavy atom. The maximum Gasteiger partial charge on any atom is 0.303 e. The number of carbonyl (C=O) groups excluding carboxylic acids is 3. The Labute approximate surface area is 230 Å². The number of nitrogens with zero attached hydrogens (tertiary/aromatic N) is 2. The van der Waals surface area contributed by atoms with E-state index in [-0.39, 0.29) is 28.9 Å². The lowest BCUT2D eigenvalue weighted by atomic mass is 9.90. The number of morpholine rings is 1. The lowest BCUT2D eigenvalue weighted by molar-refractivity contribution is -0.355. The Bertz CT molecular complexity index is 1410. The Morgan fingerprint density at radius 2 is 1.66 bits per heavy atom. The van der Waals surface area contributed by atoms with Gasteiger partial charge in [-0.3, -0.25) is 24.6 Å². The normalized spacial score (nSPS) is 22.0. The van der Waals surface area contributed by atoms with E-state index in [1.165, 1.54) is 18.2 Å². The van der Waals surface area contributed by atoms with Gasteiger partial charge in [0.15, 0.2) is 29.1 Å². The number of benzene rings is 2. The molecule has 2 aromatic carbocycles. The Kier molecular flexibility index (Phi) is 7.01. The fourth-order valence-corrected chi connectivity index (χ4v) is 5.15. The number of anilines is 1. The molecule has 1 unspecified atom stereocenters. The van der Waals surface area contributed by atoms with Crippen molar-refractivity contribution < 1.29 is 59.3 Å². The summed E-state index contributed by atoms with van der Waals surface area (Å²) in [5, 5.41) is 76.6. The van der Waals surface area contributed by atoms with Crippen LogP contribution in [0.1, 0.15) is 27.0 Å². The number of phenolic OH excluding ortho intramolecular Hbond substituents is 3. The fraction of sp³-hybridized carbons (Fsp3) is 0.400. The zero-order valence-electron chi connectivity index (χ0n) is 21.3. The summed E-state index contributed by atoms with van der Waals surface area (Å²) in [6.45, 7) is 0.783. The molecule has 3 heterocycles. The summed E-state index contributed by atoms with van der Waals surface area (Å²) in [5.74, 6) is -15.2. The van der Waals surface area contributed by atoms with Gasteiger partial charge in [0.1, 0.15) is 0 Å². The van der Waals surface area contributed by atoms with Crippen LogP contribution < -0.4 is 10.6 Å². The summed E-state index contributed by atoms with van der Waals surface area (Å²) in [4.78, 5) is 39.8. The van der Waals surface area contributed by atoms with E-state index in [0.29, 0.717) is 31.2 Å². The quantitative estimate of drug-likeness (QED) is 0.0763. The van der Waals surface area contributed by atoms with Crippen LogP contribution in [0.4, 0.5) is 10.1 Å². The maximum atomic E-state index is 15.2. The SMILES string of the molecule is O=C1NC(=O)C(O)(O)C(O)(O)C1N1Cc2c(NCc3c(O)c(O)c(CN4CCOCC4)c(O)c3F)cccc2C1=O. The number of phenols is 3. The van der Waals surface area contributed by atoms with Crippen molar-refractivity contribution in [1.29, 1.82) is 0 Å². The summed E-state index contributed by atoms with van der Waals surface area (Å²) in [6.07, 6.45) is 0. The third-order valence-electron chi connectivity index (χ3n) is 7.50. The lowest BCUT2D eigenvalue weighted by Gasteiger charge is -2.44. The van der Waals surface area contributed by atoms with Crippen LogP contribution in [-0.4, -0.2) is 107 Å². The zero-order valence-corrected chi connectivity index (χ0v) is 21.3. The van der Waals surface area contributed by atoms with E-state index in [1.807, 2.05) is 0 Å². The highest BCUT2D eigenvalue weighted by Crippen LogP contribution is 2.43. The minimum Gasteiger partial charge on any atom is -0.504 e. The molecule has 0 radical (unpaired) electrons. The first-order chi connectivity index (χ1) is 19.3. The highest BCUT2D eigenvalue weighted by atomic mass is 19.1. The van der Waals surface area contributed by atoms with Gasteiger partial charge >= 0.3 is 5.79 Å². The van der Waals surface area contributed by atoms with E-state index in [4.69, 9.17) is 4.74 Å². The van der Waals surface area contributed by atoms with Gasteiger partial charge in [-0.1, -0.05) is 6.07 Å². The van der Waals surface area contributed by atoms with Gasteiger partial charge in [0.05, 0.1) is 24.3 Å². The molecule has 0 aliphatic carbocycles. The molecular formula is C25H27FN4O11. The first-order valence-electron chi connectivity index (χ1n) is 12.4. The monoisotopic (exact) mass is 578 g/mol. The topological polar surface area (TPSA) is 233 Å². The molecule has 0 spiro atoms. The molecule has 0 saturated carbocycles. The van der Waals surface area contributed by atoms with Gasteiger partial charge < -0.3 is 50.7 Å². The number of carbonyl (C=O) groups is 3. The molecule has 3 aliphatic heterocycles. The van der Waals surface area contributed by atoms with Gasteiger partial charge in [-0.15, -0.1) is 0 Å². The number of piperidine rings is 1. The van der Waals surface area contributed by atoms with Crippen LogP contribution in [-0.2, 0) is 34.0 Å². The number of imide groups is 1. The molecule has 15 nitrogen and oxygen atoms in total. The van der Waals surface area contributed by atoms with Gasteiger partial charge in [0.25, 0.3) is 23.5 Å². The maximum absolute atomic E-state index is 15.2. The third-order valence-corrected chi connectivity index (χ3v) is 7.50. The number of hydrogen-bond acceptors (Lipinski definition) is 13. The lowest BCUT2D eigenvalue weighted by Crippen LogP contribution is -2.79. The molecule has 16 heteroatoms. The third kappa shape index (κ3) is 4.50. The van der Waals surface area contributed by atoms with Crippen molar-refractivity contribution in [2.24, 2.45) is 0 Å². The van der Waals surface area contributed by atoms with Crippen molar-refractivity contribution >= 4 is 23.4 Å². The molecule has 2 aromatic rings. The predicted molar refractivity (Wildman–Crippen MR) is 132 cm³/mol. The molecule has 9 N–H and O–H groups in total. The molecule has 3 aliphatic rings. The Balaban J connectivity index is 1.40. The molecule has 0 bridgehead atoms. The van der Waals surface area contributed by atoms with E-state index >= 15 is 4.39 Å². The van der Waals surface area contributed by atoms with Crippen LogP contribution in [0.15, 0.2) is 18.2 Å². The second-order valence-electron chi connectivity index (χ2n) is 9.94. The van der Waals surface area contributed by atoms with Crippen LogP contribution in [0.25, 0.3) is 0 Å². The average molecular weight is 579 g/mol. The van der Waals surface area contributed by atoms with Crippen molar-refractivity contribution in [3.8, 4) is 17.2 Å². The number of fused-ring (bicyclic) bond motifs is 1. The highest BCUT2D eigenvalue weighted by Gasteiger charge is 2.67. The van der Waals surface area contributed by atoms with Crippen molar-refractivity contribution in [2.45, 2.75) is 37.3 Å². The summed E-state index contributed by atoms with van der Waals surface area (Å²) in [6, 6.07) is 1.90. The number of nitrogens with one attached hydrogen (secondary N) is 2. The minimum atomic E-state index is -3.82. The van der Waals surface area contributed by atoms with Crippen molar-refractivity contribution in [2.75, 3.05) is 31.6 Å². The number of ether oxygens (including phenoxy) is 1. The Hall–Kier alpha value is -4.06. The first-order valence-corrected chi connectivity index (χ1v) is 12.4. The first kappa shape index (κ1) is 28.5. The van der Waals surface area contributed by atoms with Gasteiger partial charge in [0.2, 0.25) is 0 Å². The van der Waals surface area contributed by atoms with E-state index in [1.54, 1.807) is 10.2 Å². The van der Waals surface area contributed by atoms with Crippen molar-refractivity contribution in [1.82, 2.24) is 15.1 Å². The minimum absolute atomic E-state index is 0.0340. The van der Waals surface area contributed by atoms with E-state index in [9.17, 15) is 50.1 Å². The predicted octanol–water partition coefficient (Wildman–Crippen LogP) is -2.27. The molecule has 3 amide bonds. The van der Waals surface area contributed by atoms with Crippen LogP contribution in [0.5, 0.6) is 17.2 Å². The number of aliphatic hydroxyl groups is 4. The number of rotatable bonds is 6. The summed E-state index contributed by atoms with van der Waals surface area (Å²) in [7, 11) is 0. The van der Waals surface area contributed by atoms with Crippen molar-refractivity contribution in [3.05, 3.63) is 46.3 Å². The van der Waals surface area contributed by atoms with Gasteiger partial charge in [-0.2, -0.15) is 0 Å². The van der Waals surface area contributed by atoms with Gasteiger partial charge in [-0.05, 0) is 12.1 Å². The van der Waals surface area contributed by atoms with Crippen LogP contribution in [0.2, 0.25) is 0 Å². The van der Waals surface area contributed by atoms with Crippen LogP contribution >= 0.6 is 0 Å². The number of halogens is 1. The highest BCUT2D eigenvalue weighted by molar-refractivity contribution is 6.08. The second-order valence-corrected chi connectivity index (χ2v) is 9.94. The largest absolute Gasteiger partial charge is 0.504 e. The smallest absolute Gasteiger partial charge is 0.303 e. The number of aromatic hydroxyl groups is 3. The number of amides is 3. The average Bonchev–Trinajstić information content (AvgIpc) is 3.26. The molecule has 2 fully saturated rings. The molecule has 2 saturated heterocycles. The standard InChI is InChI=1S/C25H27FN4O11/c26-16-12(18(32)19(33)14(17(16)31)9-29-4-6-41-7-5-29)8-27-15-3-1-2-11-13(15)10-30(22(11)35)20-21(34)28-23(36)25(39,40)24(20,37)38/h1-3,20,27,31-33,37-40H,4-10H2,(H,28,34,36). The molecule has 5 rings (SSSR count). The van der Waals surface area contributed by atoms with Gasteiger partial charge in [0, 0.05) is 49.5 Å². The summed E-state index contributed by atoms with van der Waals surface area (Å²) < 4.78 is 20.4. The summed E-state index contributed by atoms with van der Waals surface area (Å²) in [5.41, 5.74) is -0.367. The molecule has 220 valence electrons. The molecule has 1 atom stereocenters. The molecule has 0 aromatic heterocycles. The second kappa shape index (κ2) is 10.1. The number of hydrogen-bond donors (Lipinski definition) is 9. The fourth-order valence-electron chi connectivity index (χ4n) is 5.15. The summed E-state index contributed by atoms with van der Waals surface area (Å²) >= 11 is 0. The van der Waals surface area contributed by atoms with E-state index < -0.39 is 77.1 Å². The van der Waals surface area contributed by atoms with E-state index in [0.717, 1.165) is 0 Å². The zero-order chi connectivity index (χ0) is 29.9. The van der Waals surface area contributed by atoms with Gasteiger partial charge in [-0.25, -0.2) is 4.39 Å². The van der Waals surface area contributed by atoms with Crippen LogP contribution in [0, 0.1) is 5.82 Å². The van der Waals surface area contributed by atoms with E-state index in [2.05, 4.69) is 5.32 Å². The molecule has 41 heavy (non-hydrogen) atoms. The molecular weight excluding hydrogens is 551 g/mol. The van der Waals surface area contributed by atoms with Crippen molar-refractivity contribution in [3.63, 3.8) is 0 Å².